The molecule has 0 amide bonds. The van der Waals surface area contributed by atoms with E-state index in [1.54, 1.807) is 0 Å². The van der Waals surface area contributed by atoms with Crippen molar-refractivity contribution >= 4 is 21.8 Å². The van der Waals surface area contributed by atoms with Crippen molar-refractivity contribution in [2.75, 3.05) is 12.8 Å². The molecule has 8 heteroatoms. The summed E-state index contributed by atoms with van der Waals surface area (Å²) in [6.45, 7) is 1.60. The lowest BCUT2D eigenvalue weighted by Crippen LogP contribution is -2.30. The van der Waals surface area contributed by atoms with Gasteiger partial charge >= 0.3 is 0 Å². The molecule has 1 atom stereocenters. The number of hydrogen-bond donors (Lipinski definition) is 2. The number of sulfonamides is 1. The van der Waals surface area contributed by atoms with E-state index < -0.39 is 38.7 Å². The second-order valence-corrected chi connectivity index (χ2v) is 6.95. The van der Waals surface area contributed by atoms with Gasteiger partial charge in [-0.1, -0.05) is 6.92 Å². The first-order valence-corrected chi connectivity index (χ1v) is 8.30. The van der Waals surface area contributed by atoms with Crippen molar-refractivity contribution in [3.63, 3.8) is 0 Å². The molecule has 1 unspecified atom stereocenters. The highest BCUT2D eigenvalue weighted by Crippen LogP contribution is 2.20. The average molecular weight is 310 g/mol. The van der Waals surface area contributed by atoms with Crippen molar-refractivity contribution in [2.24, 2.45) is 5.73 Å². The average Bonchev–Trinajstić information content (AvgIpc) is 2.36. The Morgan fingerprint density at radius 3 is 2.58 bits per heavy atom. The van der Waals surface area contributed by atoms with Gasteiger partial charge in [0.25, 0.3) is 0 Å². The lowest BCUT2D eigenvalue weighted by Gasteiger charge is -2.12. The molecule has 0 aliphatic rings. The van der Waals surface area contributed by atoms with Crippen LogP contribution in [0, 0.1) is 11.6 Å². The minimum absolute atomic E-state index is 0.0484. The first-order chi connectivity index (χ1) is 8.83. The van der Waals surface area contributed by atoms with Crippen LogP contribution in [-0.2, 0) is 16.6 Å². The number of nitrogens with two attached hydrogens (primary N) is 1. The summed E-state index contributed by atoms with van der Waals surface area (Å²) in [7, 11) is -4.01. The van der Waals surface area contributed by atoms with Crippen molar-refractivity contribution in [2.45, 2.75) is 23.6 Å². The normalized spacial score (nSPS) is 13.5. The maximum absolute atomic E-state index is 13.9. The van der Waals surface area contributed by atoms with E-state index >= 15 is 0 Å². The summed E-state index contributed by atoms with van der Waals surface area (Å²) < 4.78 is 53.3. The SMILES string of the molecule is CSC(C)CNS(=O)(=O)c1ccc(F)c(CN)c1F. The third-order valence-electron chi connectivity index (χ3n) is 2.61. The van der Waals surface area contributed by atoms with Crippen molar-refractivity contribution in [3.8, 4) is 0 Å². The minimum atomic E-state index is -4.01. The predicted molar refractivity (Wildman–Crippen MR) is 72.4 cm³/mol. The fourth-order valence-electron chi connectivity index (χ4n) is 1.36. The zero-order valence-electron chi connectivity index (χ0n) is 10.6. The zero-order valence-corrected chi connectivity index (χ0v) is 12.2. The second-order valence-electron chi connectivity index (χ2n) is 3.94. The van der Waals surface area contributed by atoms with E-state index in [-0.39, 0.29) is 11.8 Å². The van der Waals surface area contributed by atoms with Crippen LogP contribution in [0.1, 0.15) is 12.5 Å². The Kier molecular flexibility index (Phi) is 5.72. The van der Waals surface area contributed by atoms with Gasteiger partial charge in [-0.2, -0.15) is 11.8 Å². The molecule has 0 saturated carbocycles. The predicted octanol–water partition coefficient (Wildman–Crippen LogP) is 1.45. The van der Waals surface area contributed by atoms with Crippen LogP contribution in [0.15, 0.2) is 17.0 Å². The molecule has 19 heavy (non-hydrogen) atoms. The van der Waals surface area contributed by atoms with Gasteiger partial charge in [0.05, 0.1) is 0 Å². The summed E-state index contributed by atoms with van der Waals surface area (Å²) in [6, 6.07) is 1.80. The van der Waals surface area contributed by atoms with Gasteiger partial charge < -0.3 is 5.73 Å². The number of benzene rings is 1. The fraction of sp³-hybridized carbons (Fsp3) is 0.455. The van der Waals surface area contributed by atoms with Gasteiger partial charge in [-0.3, -0.25) is 0 Å². The smallest absolute Gasteiger partial charge is 0.243 e. The standard InChI is InChI=1S/C11H16F2N2O2S2/c1-7(18-2)6-15-19(16,17)10-4-3-9(12)8(5-14)11(10)13/h3-4,7,15H,5-6,14H2,1-2H3. The molecule has 0 bridgehead atoms. The molecule has 4 nitrogen and oxygen atoms in total. The van der Waals surface area contributed by atoms with Crippen LogP contribution in [0.4, 0.5) is 8.78 Å². The molecule has 1 aromatic carbocycles. The topological polar surface area (TPSA) is 72.2 Å². The molecule has 0 radical (unpaired) electrons. The molecule has 0 heterocycles. The van der Waals surface area contributed by atoms with E-state index in [0.717, 1.165) is 12.1 Å². The molecule has 108 valence electrons. The minimum Gasteiger partial charge on any atom is -0.326 e. The first-order valence-electron chi connectivity index (χ1n) is 5.53. The Hall–Kier alpha value is -0.700. The van der Waals surface area contributed by atoms with Crippen LogP contribution in [-0.4, -0.2) is 26.5 Å². The Morgan fingerprint density at radius 2 is 2.05 bits per heavy atom. The van der Waals surface area contributed by atoms with Gasteiger partial charge in [-0.15, -0.1) is 0 Å². The molecule has 1 aromatic rings. The van der Waals surface area contributed by atoms with Crippen LogP contribution in [0.2, 0.25) is 0 Å². The van der Waals surface area contributed by atoms with Crippen LogP contribution in [0.3, 0.4) is 0 Å². The van der Waals surface area contributed by atoms with Gasteiger partial charge in [0.2, 0.25) is 10.0 Å². The molecule has 0 aliphatic heterocycles. The molecule has 0 fully saturated rings. The monoisotopic (exact) mass is 310 g/mol. The van der Waals surface area contributed by atoms with Crippen LogP contribution in [0.25, 0.3) is 0 Å². The summed E-state index contributed by atoms with van der Waals surface area (Å²) >= 11 is 1.47. The molecule has 0 aromatic heterocycles. The van der Waals surface area contributed by atoms with Crippen molar-refractivity contribution in [1.29, 1.82) is 0 Å². The van der Waals surface area contributed by atoms with Crippen molar-refractivity contribution in [3.05, 3.63) is 29.3 Å². The van der Waals surface area contributed by atoms with Crippen molar-refractivity contribution < 1.29 is 17.2 Å². The van der Waals surface area contributed by atoms with E-state index in [0.29, 0.717) is 0 Å². The highest BCUT2D eigenvalue weighted by atomic mass is 32.2. The molecular weight excluding hydrogens is 294 g/mol. The Morgan fingerprint density at radius 1 is 1.42 bits per heavy atom. The molecule has 0 spiro atoms. The highest BCUT2D eigenvalue weighted by Gasteiger charge is 2.23. The number of nitrogens with one attached hydrogen (secondary N) is 1. The van der Waals surface area contributed by atoms with Gasteiger partial charge in [-0.25, -0.2) is 21.9 Å². The van der Waals surface area contributed by atoms with Crippen molar-refractivity contribution in [1.82, 2.24) is 4.72 Å². The van der Waals surface area contributed by atoms with Gasteiger partial charge in [0.1, 0.15) is 10.7 Å². The van der Waals surface area contributed by atoms with Crippen LogP contribution >= 0.6 is 11.8 Å². The molecule has 0 aliphatic carbocycles. The summed E-state index contributed by atoms with van der Waals surface area (Å²) in [5, 5.41) is 0.0484. The largest absolute Gasteiger partial charge is 0.326 e. The summed E-state index contributed by atoms with van der Waals surface area (Å²) in [5.41, 5.74) is 4.78. The lowest BCUT2D eigenvalue weighted by molar-refractivity contribution is 0.525. The molecular formula is C11H16F2N2O2S2. The maximum atomic E-state index is 13.9. The highest BCUT2D eigenvalue weighted by molar-refractivity contribution is 7.99. The van der Waals surface area contributed by atoms with Gasteiger partial charge in [0.15, 0.2) is 5.82 Å². The van der Waals surface area contributed by atoms with E-state index in [1.807, 2.05) is 13.2 Å². The second kappa shape index (κ2) is 6.65. The Labute approximate surface area is 115 Å². The van der Waals surface area contributed by atoms with Gasteiger partial charge in [0, 0.05) is 23.9 Å². The zero-order chi connectivity index (χ0) is 14.6. The summed E-state index contributed by atoms with van der Waals surface area (Å²) in [4.78, 5) is -0.581. The van der Waals surface area contributed by atoms with Gasteiger partial charge in [-0.05, 0) is 18.4 Å². The number of halogens is 2. The maximum Gasteiger partial charge on any atom is 0.243 e. The summed E-state index contributed by atoms with van der Waals surface area (Å²) in [5.74, 6) is -1.98. The van der Waals surface area contributed by atoms with Crippen LogP contribution < -0.4 is 10.5 Å². The number of thioether (sulfide) groups is 1. The first kappa shape index (κ1) is 16.4. The Bertz CT molecular complexity index is 550. The van der Waals surface area contributed by atoms with E-state index in [1.165, 1.54) is 11.8 Å². The fourth-order valence-corrected chi connectivity index (χ4v) is 2.95. The van der Waals surface area contributed by atoms with Crippen LogP contribution in [0.5, 0.6) is 0 Å². The molecule has 0 saturated heterocycles. The number of rotatable bonds is 6. The van der Waals surface area contributed by atoms with E-state index in [2.05, 4.69) is 4.72 Å². The quantitative estimate of drug-likeness (QED) is 0.834. The molecule has 3 N–H and O–H groups in total. The third-order valence-corrected chi connectivity index (χ3v) is 5.02. The lowest BCUT2D eigenvalue weighted by atomic mass is 10.2. The van der Waals surface area contributed by atoms with E-state index in [4.69, 9.17) is 5.73 Å². The van der Waals surface area contributed by atoms with E-state index in [9.17, 15) is 17.2 Å². The summed E-state index contributed by atoms with van der Waals surface area (Å²) in [6.07, 6.45) is 1.84. The number of hydrogen-bond acceptors (Lipinski definition) is 4. The third kappa shape index (κ3) is 3.88. The Balaban J connectivity index is 3.09. The molecule has 1 rings (SSSR count).